The standard InChI is InChI=1S/C18H24N2O3/c1-11(2)20(12(3)4)17(21)13(5)23-18(22)16-10-14-8-6-7-9-15(14)19-16/h6-13,19H,1-5H3/t13-/m1/s1. The summed E-state index contributed by atoms with van der Waals surface area (Å²) in [4.78, 5) is 29.5. The molecule has 0 bridgehead atoms. The molecule has 2 aromatic rings. The minimum atomic E-state index is -0.821. The van der Waals surface area contributed by atoms with Crippen molar-refractivity contribution in [3.05, 3.63) is 36.0 Å². The van der Waals surface area contributed by atoms with Crippen LogP contribution in [0.1, 0.15) is 45.1 Å². The molecule has 124 valence electrons. The Morgan fingerprint density at radius 1 is 1.04 bits per heavy atom. The molecule has 0 spiro atoms. The number of carbonyl (C=O) groups is 2. The van der Waals surface area contributed by atoms with E-state index in [1.165, 1.54) is 0 Å². The molecular weight excluding hydrogens is 292 g/mol. The Morgan fingerprint density at radius 3 is 2.22 bits per heavy atom. The molecule has 0 aliphatic rings. The minimum Gasteiger partial charge on any atom is -0.448 e. The van der Waals surface area contributed by atoms with E-state index in [0.29, 0.717) is 5.69 Å². The maximum Gasteiger partial charge on any atom is 0.355 e. The Balaban J connectivity index is 2.11. The Hall–Kier alpha value is -2.30. The van der Waals surface area contributed by atoms with Crippen LogP contribution in [-0.2, 0) is 9.53 Å². The molecule has 0 fully saturated rings. The van der Waals surface area contributed by atoms with E-state index in [1.807, 2.05) is 52.0 Å². The summed E-state index contributed by atoms with van der Waals surface area (Å²) < 4.78 is 5.35. The quantitative estimate of drug-likeness (QED) is 0.860. The van der Waals surface area contributed by atoms with E-state index >= 15 is 0 Å². The number of esters is 1. The van der Waals surface area contributed by atoms with Crippen LogP contribution in [0.15, 0.2) is 30.3 Å². The number of hydrogen-bond acceptors (Lipinski definition) is 3. The number of nitrogens with zero attached hydrogens (tertiary/aromatic N) is 1. The van der Waals surface area contributed by atoms with E-state index in [1.54, 1.807) is 17.9 Å². The summed E-state index contributed by atoms with van der Waals surface area (Å²) in [5.74, 6) is -0.700. The SMILES string of the molecule is CC(C)N(C(=O)[C@@H](C)OC(=O)c1cc2ccccc2[nH]1)C(C)C. The lowest BCUT2D eigenvalue weighted by molar-refractivity contribution is -0.143. The largest absolute Gasteiger partial charge is 0.448 e. The number of benzene rings is 1. The van der Waals surface area contributed by atoms with Crippen LogP contribution in [0.5, 0.6) is 0 Å². The first-order valence-corrected chi connectivity index (χ1v) is 7.92. The number of para-hydroxylation sites is 1. The van der Waals surface area contributed by atoms with Gasteiger partial charge in [-0.1, -0.05) is 18.2 Å². The van der Waals surface area contributed by atoms with E-state index < -0.39 is 12.1 Å². The van der Waals surface area contributed by atoms with Gasteiger partial charge < -0.3 is 14.6 Å². The summed E-state index contributed by atoms with van der Waals surface area (Å²) in [6, 6.07) is 9.44. The molecule has 5 heteroatoms. The van der Waals surface area contributed by atoms with Gasteiger partial charge >= 0.3 is 5.97 Å². The summed E-state index contributed by atoms with van der Waals surface area (Å²) >= 11 is 0. The Kier molecular flexibility index (Phi) is 5.08. The summed E-state index contributed by atoms with van der Waals surface area (Å²) in [6.07, 6.45) is -0.821. The molecule has 1 amide bonds. The number of aromatic nitrogens is 1. The fraction of sp³-hybridized carbons (Fsp3) is 0.444. The summed E-state index contributed by atoms with van der Waals surface area (Å²) in [5, 5.41) is 0.935. The van der Waals surface area contributed by atoms with Gasteiger partial charge in [-0.15, -0.1) is 0 Å². The van der Waals surface area contributed by atoms with Gasteiger partial charge in [0.25, 0.3) is 5.91 Å². The number of H-pyrrole nitrogens is 1. The highest BCUT2D eigenvalue weighted by Gasteiger charge is 2.28. The Labute approximate surface area is 136 Å². The highest BCUT2D eigenvalue weighted by Crippen LogP contribution is 2.16. The number of amides is 1. The zero-order valence-electron chi connectivity index (χ0n) is 14.3. The van der Waals surface area contributed by atoms with Crippen LogP contribution in [-0.4, -0.2) is 39.9 Å². The fourth-order valence-electron chi connectivity index (χ4n) is 2.77. The van der Waals surface area contributed by atoms with Crippen LogP contribution >= 0.6 is 0 Å². The molecular formula is C18H24N2O3. The lowest BCUT2D eigenvalue weighted by Crippen LogP contribution is -2.47. The third-order valence-electron chi connectivity index (χ3n) is 3.75. The molecule has 0 aliphatic carbocycles. The Morgan fingerprint density at radius 2 is 1.65 bits per heavy atom. The number of carbonyl (C=O) groups excluding carboxylic acids is 2. The molecule has 23 heavy (non-hydrogen) atoms. The monoisotopic (exact) mass is 316 g/mol. The van der Waals surface area contributed by atoms with E-state index in [2.05, 4.69) is 4.98 Å². The number of fused-ring (bicyclic) bond motifs is 1. The van der Waals surface area contributed by atoms with Crippen LogP contribution < -0.4 is 0 Å². The van der Waals surface area contributed by atoms with E-state index in [4.69, 9.17) is 4.74 Å². The van der Waals surface area contributed by atoms with Crippen molar-refractivity contribution >= 4 is 22.8 Å². The van der Waals surface area contributed by atoms with Crippen molar-refractivity contribution in [3.63, 3.8) is 0 Å². The van der Waals surface area contributed by atoms with E-state index in [-0.39, 0.29) is 18.0 Å². The van der Waals surface area contributed by atoms with Gasteiger partial charge in [-0.3, -0.25) is 4.79 Å². The molecule has 1 aromatic heterocycles. The lowest BCUT2D eigenvalue weighted by Gasteiger charge is -2.32. The number of ether oxygens (including phenoxy) is 1. The van der Waals surface area contributed by atoms with Crippen molar-refractivity contribution < 1.29 is 14.3 Å². The number of rotatable bonds is 5. The molecule has 0 saturated carbocycles. The van der Waals surface area contributed by atoms with Crippen LogP contribution in [0.3, 0.4) is 0 Å². The average molecular weight is 316 g/mol. The zero-order chi connectivity index (χ0) is 17.1. The first-order valence-electron chi connectivity index (χ1n) is 7.92. The predicted octanol–water partition coefficient (Wildman–Crippen LogP) is 3.36. The maximum absolute atomic E-state index is 12.5. The minimum absolute atomic E-state index is 0.0525. The first-order chi connectivity index (χ1) is 10.8. The topological polar surface area (TPSA) is 62.4 Å². The second-order valence-corrected chi connectivity index (χ2v) is 6.25. The van der Waals surface area contributed by atoms with Gasteiger partial charge in [-0.2, -0.15) is 0 Å². The second kappa shape index (κ2) is 6.86. The summed E-state index contributed by atoms with van der Waals surface area (Å²) in [5.41, 5.74) is 1.22. The molecule has 0 aliphatic heterocycles. The van der Waals surface area contributed by atoms with Gasteiger partial charge in [-0.25, -0.2) is 4.79 Å². The maximum atomic E-state index is 12.5. The van der Waals surface area contributed by atoms with Crippen molar-refractivity contribution in [1.82, 2.24) is 9.88 Å². The first kappa shape index (κ1) is 17.1. The van der Waals surface area contributed by atoms with Crippen LogP contribution in [0, 0.1) is 0 Å². The molecule has 1 N–H and O–H groups in total. The molecule has 5 nitrogen and oxygen atoms in total. The average Bonchev–Trinajstić information content (AvgIpc) is 2.90. The highest BCUT2D eigenvalue weighted by atomic mass is 16.5. The van der Waals surface area contributed by atoms with Gasteiger partial charge in [0, 0.05) is 23.0 Å². The van der Waals surface area contributed by atoms with Gasteiger partial charge in [0.15, 0.2) is 6.10 Å². The highest BCUT2D eigenvalue weighted by molar-refractivity contribution is 5.96. The van der Waals surface area contributed by atoms with Crippen LogP contribution in [0.2, 0.25) is 0 Å². The van der Waals surface area contributed by atoms with E-state index in [0.717, 1.165) is 10.9 Å². The van der Waals surface area contributed by atoms with Crippen molar-refractivity contribution in [3.8, 4) is 0 Å². The molecule has 0 saturated heterocycles. The molecule has 0 unspecified atom stereocenters. The number of nitrogens with one attached hydrogen (secondary N) is 1. The number of aromatic amines is 1. The summed E-state index contributed by atoms with van der Waals surface area (Å²) in [6.45, 7) is 9.41. The molecule has 1 aromatic carbocycles. The van der Waals surface area contributed by atoms with Crippen molar-refractivity contribution in [2.24, 2.45) is 0 Å². The summed E-state index contributed by atoms with van der Waals surface area (Å²) in [7, 11) is 0. The smallest absolute Gasteiger partial charge is 0.355 e. The molecule has 1 heterocycles. The van der Waals surface area contributed by atoms with Crippen molar-refractivity contribution in [2.45, 2.75) is 52.8 Å². The molecule has 2 rings (SSSR count). The van der Waals surface area contributed by atoms with Gasteiger partial charge in [-0.05, 0) is 46.8 Å². The second-order valence-electron chi connectivity index (χ2n) is 6.25. The van der Waals surface area contributed by atoms with Gasteiger partial charge in [0.1, 0.15) is 5.69 Å². The normalized spacial score (nSPS) is 12.7. The van der Waals surface area contributed by atoms with Crippen LogP contribution in [0.4, 0.5) is 0 Å². The zero-order valence-corrected chi connectivity index (χ0v) is 14.3. The Bertz CT molecular complexity index is 662. The van der Waals surface area contributed by atoms with Crippen molar-refractivity contribution in [2.75, 3.05) is 0 Å². The molecule has 0 radical (unpaired) electrons. The van der Waals surface area contributed by atoms with E-state index in [9.17, 15) is 9.59 Å². The van der Waals surface area contributed by atoms with Gasteiger partial charge in [0.2, 0.25) is 0 Å². The lowest BCUT2D eigenvalue weighted by atomic mass is 10.2. The number of hydrogen-bond donors (Lipinski definition) is 1. The van der Waals surface area contributed by atoms with Crippen molar-refractivity contribution in [1.29, 1.82) is 0 Å². The molecule has 1 atom stereocenters. The fourth-order valence-corrected chi connectivity index (χ4v) is 2.77. The van der Waals surface area contributed by atoms with Gasteiger partial charge in [0.05, 0.1) is 0 Å². The third-order valence-corrected chi connectivity index (χ3v) is 3.75. The third kappa shape index (κ3) is 3.73. The van der Waals surface area contributed by atoms with Crippen LogP contribution in [0.25, 0.3) is 10.9 Å². The predicted molar refractivity (Wildman–Crippen MR) is 90.3 cm³/mol.